The van der Waals surface area contributed by atoms with E-state index in [0.29, 0.717) is 12.2 Å². The van der Waals surface area contributed by atoms with E-state index in [4.69, 9.17) is 0 Å². The summed E-state index contributed by atoms with van der Waals surface area (Å²) >= 11 is 1.65. The fourth-order valence-corrected chi connectivity index (χ4v) is 3.60. The Hall–Kier alpha value is -1.82. The molecule has 0 unspecified atom stereocenters. The molecule has 1 saturated heterocycles. The molecule has 0 radical (unpaired) electrons. The first-order valence-corrected chi connectivity index (χ1v) is 8.12. The molecule has 0 aromatic carbocycles. The Morgan fingerprint density at radius 2 is 2.10 bits per heavy atom. The largest absolute Gasteiger partial charge is 0.477 e. The average molecular weight is 305 g/mol. The summed E-state index contributed by atoms with van der Waals surface area (Å²) < 4.78 is 1.80. The fourth-order valence-electron chi connectivity index (χ4n) is 2.73. The van der Waals surface area contributed by atoms with Crippen molar-refractivity contribution in [1.29, 1.82) is 0 Å². The van der Waals surface area contributed by atoms with Crippen molar-refractivity contribution in [2.45, 2.75) is 32.7 Å². The van der Waals surface area contributed by atoms with Crippen LogP contribution in [-0.4, -0.2) is 33.7 Å². The zero-order valence-electron chi connectivity index (χ0n) is 12.1. The Morgan fingerprint density at radius 1 is 1.33 bits per heavy atom. The lowest BCUT2D eigenvalue weighted by molar-refractivity contribution is 0.0685. The van der Waals surface area contributed by atoms with Crippen LogP contribution in [0.2, 0.25) is 0 Å². The summed E-state index contributed by atoms with van der Waals surface area (Å²) in [4.78, 5) is 18.2. The summed E-state index contributed by atoms with van der Waals surface area (Å²) in [7, 11) is 0. The van der Waals surface area contributed by atoms with Gasteiger partial charge in [0.1, 0.15) is 5.69 Å². The smallest absolute Gasteiger partial charge is 0.352 e. The molecule has 6 heteroatoms. The van der Waals surface area contributed by atoms with E-state index in [-0.39, 0.29) is 0 Å². The second-order valence-electron chi connectivity index (χ2n) is 5.42. The maximum absolute atomic E-state index is 11.2. The molecule has 5 nitrogen and oxygen atoms in total. The van der Waals surface area contributed by atoms with Crippen molar-refractivity contribution in [3.05, 3.63) is 34.6 Å². The summed E-state index contributed by atoms with van der Waals surface area (Å²) in [6, 6.07) is 3.48. The van der Waals surface area contributed by atoms with E-state index in [0.717, 1.165) is 29.6 Å². The first-order valence-electron chi connectivity index (χ1n) is 7.24. The Kier molecular flexibility index (Phi) is 3.96. The van der Waals surface area contributed by atoms with Crippen LogP contribution in [0.25, 0.3) is 0 Å². The van der Waals surface area contributed by atoms with E-state index in [1.165, 1.54) is 19.3 Å². The van der Waals surface area contributed by atoms with E-state index < -0.39 is 5.97 Å². The molecule has 0 aliphatic carbocycles. The number of rotatable bonds is 4. The van der Waals surface area contributed by atoms with Crippen molar-refractivity contribution in [3.63, 3.8) is 0 Å². The number of aromatic carboxylic acids is 1. The molecular formula is C15H19N3O2S. The highest BCUT2D eigenvalue weighted by Crippen LogP contribution is 2.25. The van der Waals surface area contributed by atoms with Crippen LogP contribution in [0.15, 0.2) is 17.5 Å². The van der Waals surface area contributed by atoms with Gasteiger partial charge in [0.05, 0.1) is 12.2 Å². The molecule has 2 aromatic rings. The second-order valence-corrected chi connectivity index (χ2v) is 6.26. The molecule has 1 fully saturated rings. The zero-order chi connectivity index (χ0) is 14.8. The number of nitrogens with zero attached hydrogens (tertiary/aromatic N) is 3. The van der Waals surface area contributed by atoms with Crippen LogP contribution in [0, 0.1) is 6.92 Å². The van der Waals surface area contributed by atoms with Crippen molar-refractivity contribution in [3.8, 4) is 0 Å². The molecule has 112 valence electrons. The van der Waals surface area contributed by atoms with Crippen molar-refractivity contribution in [2.24, 2.45) is 0 Å². The number of thiazole rings is 1. The quantitative estimate of drug-likeness (QED) is 0.943. The maximum Gasteiger partial charge on any atom is 0.352 e. The number of aromatic nitrogens is 2. The van der Waals surface area contributed by atoms with E-state index in [2.05, 4.69) is 9.88 Å². The molecule has 3 rings (SSSR count). The molecule has 1 aliphatic heterocycles. The van der Waals surface area contributed by atoms with E-state index in [9.17, 15) is 9.90 Å². The summed E-state index contributed by atoms with van der Waals surface area (Å²) in [5.74, 6) is -0.894. The highest BCUT2D eigenvalue weighted by Gasteiger charge is 2.16. The normalized spacial score (nSPS) is 15.4. The Labute approximate surface area is 127 Å². The monoisotopic (exact) mass is 305 g/mol. The lowest BCUT2D eigenvalue weighted by Crippen LogP contribution is -2.29. The Balaban J connectivity index is 1.78. The number of anilines is 1. The molecule has 0 saturated carbocycles. The molecule has 2 aromatic heterocycles. The Bertz CT molecular complexity index is 641. The van der Waals surface area contributed by atoms with Gasteiger partial charge in [0.15, 0.2) is 5.13 Å². The van der Waals surface area contributed by atoms with E-state index in [1.54, 1.807) is 22.0 Å². The molecule has 0 bridgehead atoms. The van der Waals surface area contributed by atoms with Crippen molar-refractivity contribution < 1.29 is 9.90 Å². The van der Waals surface area contributed by atoms with Crippen LogP contribution in [0.1, 0.15) is 41.1 Å². The van der Waals surface area contributed by atoms with Gasteiger partial charge in [-0.1, -0.05) is 0 Å². The van der Waals surface area contributed by atoms with E-state index >= 15 is 0 Å². The number of piperidine rings is 1. The number of carboxylic acids is 1. The van der Waals surface area contributed by atoms with Gasteiger partial charge >= 0.3 is 5.97 Å². The molecule has 1 aliphatic rings. The molecule has 0 spiro atoms. The third-order valence-corrected chi connectivity index (χ3v) is 4.85. The van der Waals surface area contributed by atoms with Gasteiger partial charge in [-0.05, 0) is 38.3 Å². The number of aryl methyl sites for hydroxylation is 1. The van der Waals surface area contributed by atoms with Crippen molar-refractivity contribution in [1.82, 2.24) is 9.55 Å². The van der Waals surface area contributed by atoms with Gasteiger partial charge in [0, 0.05) is 24.2 Å². The van der Waals surface area contributed by atoms with E-state index in [1.807, 2.05) is 18.4 Å². The molecule has 0 atom stereocenters. The minimum absolute atomic E-state index is 0.319. The first-order chi connectivity index (χ1) is 10.1. The van der Waals surface area contributed by atoms with Crippen LogP contribution in [-0.2, 0) is 6.54 Å². The molecule has 3 heterocycles. The average Bonchev–Trinajstić information content (AvgIpc) is 3.08. The molecule has 21 heavy (non-hydrogen) atoms. The third kappa shape index (κ3) is 2.95. The van der Waals surface area contributed by atoms with Crippen molar-refractivity contribution in [2.75, 3.05) is 18.0 Å². The van der Waals surface area contributed by atoms with Gasteiger partial charge in [-0.2, -0.15) is 0 Å². The second kappa shape index (κ2) is 5.89. The topological polar surface area (TPSA) is 58.4 Å². The van der Waals surface area contributed by atoms with Crippen LogP contribution in [0.3, 0.4) is 0 Å². The van der Waals surface area contributed by atoms with Crippen LogP contribution in [0.4, 0.5) is 5.13 Å². The fraction of sp³-hybridized carbons (Fsp3) is 0.467. The van der Waals surface area contributed by atoms with Crippen molar-refractivity contribution >= 4 is 22.4 Å². The number of hydrogen-bond donors (Lipinski definition) is 1. The summed E-state index contributed by atoms with van der Waals surface area (Å²) in [5.41, 5.74) is 2.20. The van der Waals surface area contributed by atoms with Crippen LogP contribution >= 0.6 is 11.3 Å². The standard InChI is InChI=1S/C15H19N3O2S/c1-11-5-6-13(14(19)20)18(11)9-12-10-21-15(16-12)17-7-3-2-4-8-17/h5-6,10H,2-4,7-9H2,1H3,(H,19,20). The van der Waals surface area contributed by atoms with Gasteiger partial charge in [0.2, 0.25) is 0 Å². The summed E-state index contributed by atoms with van der Waals surface area (Å²) in [6.07, 6.45) is 3.77. The minimum atomic E-state index is -0.894. The van der Waals surface area contributed by atoms with Crippen LogP contribution in [0.5, 0.6) is 0 Å². The van der Waals surface area contributed by atoms with Gasteiger partial charge in [0.25, 0.3) is 0 Å². The predicted molar refractivity (Wildman–Crippen MR) is 83.4 cm³/mol. The zero-order valence-corrected chi connectivity index (χ0v) is 12.9. The van der Waals surface area contributed by atoms with Gasteiger partial charge in [-0.15, -0.1) is 11.3 Å². The van der Waals surface area contributed by atoms with Gasteiger partial charge in [-0.25, -0.2) is 9.78 Å². The molecular weight excluding hydrogens is 286 g/mol. The molecule has 0 amide bonds. The maximum atomic E-state index is 11.2. The third-order valence-electron chi connectivity index (χ3n) is 3.90. The van der Waals surface area contributed by atoms with Gasteiger partial charge in [-0.3, -0.25) is 0 Å². The first kappa shape index (κ1) is 14.1. The minimum Gasteiger partial charge on any atom is -0.477 e. The number of hydrogen-bond acceptors (Lipinski definition) is 4. The lowest BCUT2D eigenvalue weighted by Gasteiger charge is -2.25. The SMILES string of the molecule is Cc1ccc(C(=O)O)n1Cc1csc(N2CCCCC2)n1. The van der Waals surface area contributed by atoms with Crippen LogP contribution < -0.4 is 4.90 Å². The highest BCUT2D eigenvalue weighted by atomic mass is 32.1. The molecule has 1 N–H and O–H groups in total. The lowest BCUT2D eigenvalue weighted by atomic mass is 10.1. The van der Waals surface area contributed by atoms with Gasteiger partial charge < -0.3 is 14.6 Å². The Morgan fingerprint density at radius 3 is 2.81 bits per heavy atom. The highest BCUT2D eigenvalue weighted by molar-refractivity contribution is 7.13. The number of carbonyl (C=O) groups is 1. The predicted octanol–water partition coefficient (Wildman–Crippen LogP) is 2.99. The summed E-state index contributed by atoms with van der Waals surface area (Å²) in [5, 5.41) is 12.3. The number of carboxylic acid groups (broad SMARTS) is 1. The summed E-state index contributed by atoms with van der Waals surface area (Å²) in [6.45, 7) is 4.60.